The maximum atomic E-state index is 4.80. The first kappa shape index (κ1) is 16.1. The summed E-state index contributed by atoms with van der Waals surface area (Å²) in [6, 6.07) is 29.0. The van der Waals surface area contributed by atoms with Gasteiger partial charge in [-0.05, 0) is 29.3 Å². The fourth-order valence-electron chi connectivity index (χ4n) is 3.01. The molecule has 4 rings (SSSR count). The average molecular weight is 336 g/mol. The summed E-state index contributed by atoms with van der Waals surface area (Å²) in [6.45, 7) is 0.782. The third-order valence-electron chi connectivity index (χ3n) is 4.31. The van der Waals surface area contributed by atoms with Crippen LogP contribution in [0.25, 0.3) is 29.3 Å². The largest absolute Gasteiger partial charge is 0.321 e. The Morgan fingerprint density at radius 3 is 2.00 bits per heavy atom. The van der Waals surface area contributed by atoms with E-state index in [4.69, 9.17) is 4.98 Å². The Balaban J connectivity index is 1.65. The lowest BCUT2D eigenvalue weighted by atomic mass is 10.2. The van der Waals surface area contributed by atoms with Crippen molar-refractivity contribution in [1.29, 1.82) is 0 Å². The third-order valence-corrected chi connectivity index (χ3v) is 4.31. The van der Waals surface area contributed by atoms with Gasteiger partial charge < -0.3 is 4.57 Å². The van der Waals surface area contributed by atoms with Crippen LogP contribution < -0.4 is 0 Å². The molecule has 2 nitrogen and oxygen atoms in total. The minimum absolute atomic E-state index is 0.782. The predicted molar refractivity (Wildman–Crippen MR) is 111 cm³/mol. The summed E-state index contributed by atoms with van der Waals surface area (Å²) in [5.41, 5.74) is 4.55. The average Bonchev–Trinajstić information content (AvgIpc) is 3.06. The molecule has 0 N–H and O–H groups in total. The molecular formula is C24H20N2. The van der Waals surface area contributed by atoms with Gasteiger partial charge in [-0.15, -0.1) is 0 Å². The Hall–Kier alpha value is -3.39. The molecule has 26 heavy (non-hydrogen) atoms. The summed E-state index contributed by atoms with van der Waals surface area (Å²) in [6.07, 6.45) is 8.53. The molecule has 0 aliphatic heterocycles. The molecule has 2 heteroatoms. The second-order valence-corrected chi connectivity index (χ2v) is 6.13. The summed E-state index contributed by atoms with van der Waals surface area (Å²) in [5.74, 6) is 0.966. The number of benzene rings is 3. The fraction of sp³-hybridized carbons (Fsp3) is 0.0417. The van der Waals surface area contributed by atoms with Gasteiger partial charge in [0.1, 0.15) is 5.82 Å². The van der Waals surface area contributed by atoms with Crippen molar-refractivity contribution >= 4 is 29.3 Å². The molecule has 0 unspecified atom stereocenters. The van der Waals surface area contributed by atoms with Crippen molar-refractivity contribution in [2.24, 2.45) is 0 Å². The van der Waals surface area contributed by atoms with Gasteiger partial charge in [0.15, 0.2) is 0 Å². The van der Waals surface area contributed by atoms with E-state index >= 15 is 0 Å². The van der Waals surface area contributed by atoms with Gasteiger partial charge >= 0.3 is 0 Å². The van der Waals surface area contributed by atoms with Crippen LogP contribution in [0, 0.1) is 0 Å². The lowest BCUT2D eigenvalue weighted by Gasteiger charge is -2.03. The van der Waals surface area contributed by atoms with E-state index in [1.807, 2.05) is 30.3 Å². The molecular weight excluding hydrogens is 316 g/mol. The second kappa shape index (κ2) is 7.66. The number of nitrogens with zero attached hydrogens (tertiary/aromatic N) is 2. The molecule has 1 heterocycles. The standard InChI is InChI=1S/C24H20N2/c1-3-10-20(11-4-1)14-9-19-26-23-16-8-7-15-22(23)25-24(26)18-17-21-12-5-2-6-13-21/h1-18H,19H2. The van der Waals surface area contributed by atoms with Gasteiger partial charge in [-0.25, -0.2) is 4.98 Å². The number of rotatable bonds is 5. The smallest absolute Gasteiger partial charge is 0.134 e. The Labute approximate surface area is 153 Å². The quantitative estimate of drug-likeness (QED) is 0.442. The van der Waals surface area contributed by atoms with Crippen molar-refractivity contribution in [3.63, 3.8) is 0 Å². The molecule has 0 bridgehead atoms. The van der Waals surface area contributed by atoms with E-state index in [1.165, 1.54) is 11.1 Å². The molecule has 4 aromatic rings. The lowest BCUT2D eigenvalue weighted by Crippen LogP contribution is -1.98. The van der Waals surface area contributed by atoms with E-state index in [1.54, 1.807) is 0 Å². The molecule has 0 radical (unpaired) electrons. The minimum Gasteiger partial charge on any atom is -0.321 e. The van der Waals surface area contributed by atoms with Crippen molar-refractivity contribution in [1.82, 2.24) is 9.55 Å². The lowest BCUT2D eigenvalue weighted by molar-refractivity contribution is 0.840. The molecule has 0 aliphatic rings. The van der Waals surface area contributed by atoms with Crippen molar-refractivity contribution in [2.45, 2.75) is 6.54 Å². The number of allylic oxidation sites excluding steroid dienone is 1. The summed E-state index contributed by atoms with van der Waals surface area (Å²) in [4.78, 5) is 4.80. The van der Waals surface area contributed by atoms with Crippen LogP contribution in [0.5, 0.6) is 0 Å². The topological polar surface area (TPSA) is 17.8 Å². The van der Waals surface area contributed by atoms with E-state index in [9.17, 15) is 0 Å². The first-order valence-corrected chi connectivity index (χ1v) is 8.80. The van der Waals surface area contributed by atoms with E-state index in [0.717, 1.165) is 23.4 Å². The molecule has 1 aromatic heterocycles. The second-order valence-electron chi connectivity index (χ2n) is 6.13. The van der Waals surface area contributed by atoms with Crippen LogP contribution in [-0.2, 0) is 6.54 Å². The number of para-hydroxylation sites is 2. The van der Waals surface area contributed by atoms with Crippen LogP contribution in [0.2, 0.25) is 0 Å². The molecule has 0 amide bonds. The van der Waals surface area contributed by atoms with E-state index in [2.05, 4.69) is 83.5 Å². The van der Waals surface area contributed by atoms with Crippen molar-refractivity contribution < 1.29 is 0 Å². The number of hydrogen-bond acceptors (Lipinski definition) is 1. The monoisotopic (exact) mass is 336 g/mol. The zero-order valence-corrected chi connectivity index (χ0v) is 14.5. The Bertz CT molecular complexity index is 1040. The highest BCUT2D eigenvalue weighted by Crippen LogP contribution is 2.18. The van der Waals surface area contributed by atoms with Crippen LogP contribution >= 0.6 is 0 Å². The van der Waals surface area contributed by atoms with Gasteiger partial charge in [0.05, 0.1) is 11.0 Å². The number of aromatic nitrogens is 2. The first-order chi connectivity index (χ1) is 12.9. The van der Waals surface area contributed by atoms with E-state index in [0.29, 0.717) is 0 Å². The van der Waals surface area contributed by atoms with Gasteiger partial charge in [-0.2, -0.15) is 0 Å². The SMILES string of the molecule is C(=Cc1ccccc1)Cn1c(C=Cc2ccccc2)nc2ccccc21. The number of fused-ring (bicyclic) bond motifs is 1. The summed E-state index contributed by atoms with van der Waals surface area (Å²) < 4.78 is 2.24. The molecule has 0 atom stereocenters. The van der Waals surface area contributed by atoms with Crippen LogP contribution in [0.3, 0.4) is 0 Å². The van der Waals surface area contributed by atoms with E-state index < -0.39 is 0 Å². The molecule has 3 aromatic carbocycles. The van der Waals surface area contributed by atoms with Crippen LogP contribution in [0.4, 0.5) is 0 Å². The first-order valence-electron chi connectivity index (χ1n) is 8.80. The molecule has 0 saturated heterocycles. The zero-order valence-electron chi connectivity index (χ0n) is 14.5. The minimum atomic E-state index is 0.782. The van der Waals surface area contributed by atoms with Crippen molar-refractivity contribution in [2.75, 3.05) is 0 Å². The Kier molecular flexibility index (Phi) is 4.74. The van der Waals surface area contributed by atoms with Crippen molar-refractivity contribution in [3.05, 3.63) is 108 Å². The zero-order chi connectivity index (χ0) is 17.6. The maximum absolute atomic E-state index is 4.80. The van der Waals surface area contributed by atoms with Gasteiger partial charge in [0.2, 0.25) is 0 Å². The van der Waals surface area contributed by atoms with E-state index in [-0.39, 0.29) is 0 Å². The van der Waals surface area contributed by atoms with Gasteiger partial charge in [0, 0.05) is 6.54 Å². The molecule has 126 valence electrons. The molecule has 0 saturated carbocycles. The number of hydrogen-bond donors (Lipinski definition) is 0. The molecule has 0 fully saturated rings. The van der Waals surface area contributed by atoms with Gasteiger partial charge in [-0.1, -0.05) is 91.0 Å². The third kappa shape index (κ3) is 3.65. The molecule has 0 aliphatic carbocycles. The summed E-state index contributed by atoms with van der Waals surface area (Å²) in [7, 11) is 0. The van der Waals surface area contributed by atoms with Gasteiger partial charge in [0.25, 0.3) is 0 Å². The predicted octanol–water partition coefficient (Wildman–Crippen LogP) is 5.92. The normalized spacial score (nSPS) is 11.7. The fourth-order valence-corrected chi connectivity index (χ4v) is 3.01. The Morgan fingerprint density at radius 1 is 0.654 bits per heavy atom. The summed E-state index contributed by atoms with van der Waals surface area (Å²) >= 11 is 0. The van der Waals surface area contributed by atoms with Crippen LogP contribution in [0.1, 0.15) is 17.0 Å². The van der Waals surface area contributed by atoms with Crippen LogP contribution in [-0.4, -0.2) is 9.55 Å². The maximum Gasteiger partial charge on any atom is 0.134 e. The number of imidazole rings is 1. The summed E-state index contributed by atoms with van der Waals surface area (Å²) in [5, 5.41) is 0. The Morgan fingerprint density at radius 2 is 1.27 bits per heavy atom. The molecule has 0 spiro atoms. The highest BCUT2D eigenvalue weighted by molar-refractivity contribution is 5.80. The highest BCUT2D eigenvalue weighted by atomic mass is 15.1. The van der Waals surface area contributed by atoms with Crippen molar-refractivity contribution in [3.8, 4) is 0 Å². The highest BCUT2D eigenvalue weighted by Gasteiger charge is 2.06. The van der Waals surface area contributed by atoms with Crippen LogP contribution in [0.15, 0.2) is 91.0 Å². The van der Waals surface area contributed by atoms with Gasteiger partial charge in [-0.3, -0.25) is 0 Å².